The number of aliphatic carboxylic acids is 1. The molecule has 0 bridgehead atoms. The first-order chi connectivity index (χ1) is 12.4. The van der Waals surface area contributed by atoms with Crippen LogP contribution in [0.1, 0.15) is 31.2 Å². The number of benzene rings is 1. The molecule has 1 aliphatic carbocycles. The quantitative estimate of drug-likeness (QED) is 0.785. The highest BCUT2D eigenvalue weighted by Crippen LogP contribution is 2.46. The van der Waals surface area contributed by atoms with E-state index in [2.05, 4.69) is 10.5 Å². The number of carbonyl (C=O) groups excluding carboxylic acids is 1. The third-order valence-corrected chi connectivity index (χ3v) is 4.78. The Morgan fingerprint density at radius 3 is 2.88 bits per heavy atom. The van der Waals surface area contributed by atoms with Crippen LogP contribution in [0.4, 0.5) is 4.39 Å². The van der Waals surface area contributed by atoms with Crippen molar-refractivity contribution in [3.63, 3.8) is 0 Å². The fourth-order valence-corrected chi connectivity index (χ4v) is 2.98. The molecular formula is C18H19FN2O5. The minimum Gasteiger partial charge on any atom is -0.482 e. The van der Waals surface area contributed by atoms with E-state index in [4.69, 9.17) is 14.4 Å². The SMILES string of the molecule is C[C@]1(C(=O)NCc2cc(COc3ccccc3F)on2)CC[C@H]1C(=O)O. The number of hydrogen-bond donors (Lipinski definition) is 2. The molecule has 1 heterocycles. The van der Waals surface area contributed by atoms with E-state index >= 15 is 0 Å². The van der Waals surface area contributed by atoms with E-state index in [0.29, 0.717) is 24.3 Å². The van der Waals surface area contributed by atoms with E-state index in [1.54, 1.807) is 25.1 Å². The summed E-state index contributed by atoms with van der Waals surface area (Å²) < 4.78 is 23.9. The first kappa shape index (κ1) is 17.9. The molecule has 8 heteroatoms. The van der Waals surface area contributed by atoms with Crippen LogP contribution in [0.15, 0.2) is 34.9 Å². The lowest BCUT2D eigenvalue weighted by molar-refractivity contribution is -0.161. The Morgan fingerprint density at radius 2 is 2.23 bits per heavy atom. The van der Waals surface area contributed by atoms with Crippen LogP contribution < -0.4 is 10.1 Å². The molecule has 1 aliphatic rings. The zero-order valence-corrected chi connectivity index (χ0v) is 14.2. The van der Waals surface area contributed by atoms with Crippen LogP contribution in [-0.2, 0) is 22.7 Å². The number of nitrogens with zero attached hydrogens (tertiary/aromatic N) is 1. The van der Waals surface area contributed by atoms with Crippen LogP contribution in [0.2, 0.25) is 0 Å². The molecule has 0 unspecified atom stereocenters. The van der Waals surface area contributed by atoms with E-state index in [1.807, 2.05) is 0 Å². The van der Waals surface area contributed by atoms with E-state index in [0.717, 1.165) is 0 Å². The molecule has 2 aromatic rings. The first-order valence-corrected chi connectivity index (χ1v) is 8.23. The second-order valence-electron chi connectivity index (χ2n) is 6.53. The Morgan fingerprint density at radius 1 is 1.46 bits per heavy atom. The Kier molecular flexibility index (Phi) is 4.92. The molecule has 0 radical (unpaired) electrons. The van der Waals surface area contributed by atoms with Gasteiger partial charge in [-0.1, -0.05) is 17.3 Å². The Bertz CT molecular complexity index is 821. The van der Waals surface area contributed by atoms with Crippen molar-refractivity contribution in [2.24, 2.45) is 11.3 Å². The summed E-state index contributed by atoms with van der Waals surface area (Å²) in [6.07, 6.45) is 1.04. The standard InChI is InChI=1S/C18H19FN2O5/c1-18(7-6-13(18)16(22)23)17(24)20-9-11-8-12(26-21-11)10-25-15-5-3-2-4-14(15)19/h2-5,8,13H,6-7,9-10H2,1H3,(H,20,24)(H,22,23)/t13-,18-/m0/s1. The Labute approximate surface area is 149 Å². The summed E-state index contributed by atoms with van der Waals surface area (Å²) >= 11 is 0. The third-order valence-electron chi connectivity index (χ3n) is 4.78. The second kappa shape index (κ2) is 7.15. The van der Waals surface area contributed by atoms with Gasteiger partial charge in [0.2, 0.25) is 5.91 Å². The van der Waals surface area contributed by atoms with Gasteiger partial charge in [-0.25, -0.2) is 4.39 Å². The molecule has 0 aliphatic heterocycles. The van der Waals surface area contributed by atoms with Gasteiger partial charge in [-0.3, -0.25) is 9.59 Å². The molecule has 1 fully saturated rings. The van der Waals surface area contributed by atoms with Crippen LogP contribution in [0, 0.1) is 17.2 Å². The summed E-state index contributed by atoms with van der Waals surface area (Å²) in [5.74, 6) is -1.91. The number of hydrogen-bond acceptors (Lipinski definition) is 5. The van der Waals surface area contributed by atoms with Gasteiger partial charge in [0.1, 0.15) is 12.3 Å². The molecule has 1 amide bonds. The number of amides is 1. The molecule has 0 spiro atoms. The summed E-state index contributed by atoms with van der Waals surface area (Å²) in [6.45, 7) is 1.77. The lowest BCUT2D eigenvalue weighted by atomic mass is 9.60. The maximum absolute atomic E-state index is 13.5. The molecule has 0 saturated heterocycles. The smallest absolute Gasteiger partial charge is 0.307 e. The number of aromatic nitrogens is 1. The van der Waals surface area contributed by atoms with Gasteiger partial charge in [0.15, 0.2) is 17.3 Å². The number of ether oxygens (including phenoxy) is 1. The number of nitrogens with one attached hydrogen (secondary N) is 1. The zero-order valence-electron chi connectivity index (χ0n) is 14.2. The predicted molar refractivity (Wildman–Crippen MR) is 87.5 cm³/mol. The number of carboxylic acids is 1. The lowest BCUT2D eigenvalue weighted by Gasteiger charge is -2.42. The minimum atomic E-state index is -0.956. The fourth-order valence-electron chi connectivity index (χ4n) is 2.98. The van der Waals surface area contributed by atoms with Crippen molar-refractivity contribution < 1.29 is 28.3 Å². The van der Waals surface area contributed by atoms with Crippen molar-refractivity contribution in [3.8, 4) is 5.75 Å². The average molecular weight is 362 g/mol. The number of carboxylic acid groups (broad SMARTS) is 1. The van der Waals surface area contributed by atoms with Gasteiger partial charge < -0.3 is 19.7 Å². The van der Waals surface area contributed by atoms with Gasteiger partial charge in [-0.2, -0.15) is 0 Å². The van der Waals surface area contributed by atoms with Crippen LogP contribution in [-0.4, -0.2) is 22.1 Å². The number of para-hydroxylation sites is 1. The Hall–Kier alpha value is -2.90. The van der Waals surface area contributed by atoms with Gasteiger partial charge in [-0.15, -0.1) is 0 Å². The van der Waals surface area contributed by atoms with Crippen molar-refractivity contribution in [3.05, 3.63) is 47.6 Å². The third kappa shape index (κ3) is 3.54. The van der Waals surface area contributed by atoms with Crippen molar-refractivity contribution in [2.75, 3.05) is 0 Å². The number of halogens is 1. The van der Waals surface area contributed by atoms with Gasteiger partial charge >= 0.3 is 5.97 Å². The normalized spacial score (nSPS) is 21.7. The largest absolute Gasteiger partial charge is 0.482 e. The van der Waals surface area contributed by atoms with Crippen LogP contribution in [0.3, 0.4) is 0 Å². The highest BCUT2D eigenvalue weighted by molar-refractivity contribution is 5.89. The van der Waals surface area contributed by atoms with Crippen LogP contribution in [0.5, 0.6) is 5.75 Å². The minimum absolute atomic E-state index is 0.000678. The molecular weight excluding hydrogens is 343 g/mol. The lowest BCUT2D eigenvalue weighted by Crippen LogP contribution is -2.52. The molecule has 1 aromatic carbocycles. The van der Waals surface area contributed by atoms with E-state index in [-0.39, 0.29) is 24.8 Å². The first-order valence-electron chi connectivity index (χ1n) is 8.23. The van der Waals surface area contributed by atoms with Gasteiger partial charge in [-0.05, 0) is 31.9 Å². The van der Waals surface area contributed by atoms with Crippen molar-refractivity contribution >= 4 is 11.9 Å². The molecule has 7 nitrogen and oxygen atoms in total. The molecule has 26 heavy (non-hydrogen) atoms. The molecule has 2 N–H and O–H groups in total. The topological polar surface area (TPSA) is 102 Å². The summed E-state index contributed by atoms with van der Waals surface area (Å²) in [7, 11) is 0. The second-order valence-corrected chi connectivity index (χ2v) is 6.53. The number of rotatable bonds is 7. The van der Waals surface area contributed by atoms with E-state index < -0.39 is 23.1 Å². The van der Waals surface area contributed by atoms with E-state index in [9.17, 15) is 14.0 Å². The summed E-state index contributed by atoms with van der Waals surface area (Å²) in [5, 5.41) is 15.7. The zero-order chi connectivity index (χ0) is 18.7. The Balaban J connectivity index is 1.52. The van der Waals surface area contributed by atoms with Crippen LogP contribution in [0.25, 0.3) is 0 Å². The molecule has 3 rings (SSSR count). The maximum Gasteiger partial charge on any atom is 0.307 e. The predicted octanol–water partition coefficient (Wildman–Crippen LogP) is 2.51. The van der Waals surface area contributed by atoms with Gasteiger partial charge in [0, 0.05) is 6.07 Å². The van der Waals surface area contributed by atoms with Crippen molar-refractivity contribution in [1.82, 2.24) is 10.5 Å². The summed E-state index contributed by atoms with van der Waals surface area (Å²) in [4.78, 5) is 23.4. The van der Waals surface area contributed by atoms with Crippen molar-refractivity contribution in [2.45, 2.75) is 32.9 Å². The monoisotopic (exact) mass is 362 g/mol. The van der Waals surface area contributed by atoms with Crippen LogP contribution >= 0.6 is 0 Å². The maximum atomic E-state index is 13.5. The summed E-state index contributed by atoms with van der Waals surface area (Å²) in [5.41, 5.74) is -0.424. The summed E-state index contributed by atoms with van der Waals surface area (Å²) in [6, 6.07) is 7.62. The highest BCUT2D eigenvalue weighted by atomic mass is 19.1. The molecule has 2 atom stereocenters. The van der Waals surface area contributed by atoms with Gasteiger partial charge in [0.05, 0.1) is 17.9 Å². The highest BCUT2D eigenvalue weighted by Gasteiger charge is 2.52. The van der Waals surface area contributed by atoms with Gasteiger partial charge in [0.25, 0.3) is 0 Å². The molecule has 138 valence electrons. The number of carbonyl (C=O) groups is 2. The molecule has 1 saturated carbocycles. The average Bonchev–Trinajstić information content (AvgIpc) is 3.04. The fraction of sp³-hybridized carbons (Fsp3) is 0.389. The van der Waals surface area contributed by atoms with E-state index in [1.165, 1.54) is 12.1 Å². The molecule has 1 aromatic heterocycles. The van der Waals surface area contributed by atoms with Crippen molar-refractivity contribution in [1.29, 1.82) is 0 Å².